The predicted molar refractivity (Wildman–Crippen MR) is 129 cm³/mol. The van der Waals surface area contributed by atoms with Crippen LogP contribution >= 0.6 is 23.1 Å². The Hall–Kier alpha value is -2.83. The van der Waals surface area contributed by atoms with E-state index >= 15 is 0 Å². The van der Waals surface area contributed by atoms with Crippen LogP contribution in [0.3, 0.4) is 0 Å². The van der Waals surface area contributed by atoms with E-state index in [1.165, 1.54) is 11.8 Å². The molecule has 4 nitrogen and oxygen atoms in total. The van der Waals surface area contributed by atoms with Crippen LogP contribution in [0.2, 0.25) is 0 Å². The van der Waals surface area contributed by atoms with E-state index in [1.807, 2.05) is 83.1 Å². The number of thioether (sulfide) groups is 1. The number of benzene rings is 2. The highest BCUT2D eigenvalue weighted by molar-refractivity contribution is 8.00. The highest BCUT2D eigenvalue weighted by atomic mass is 32.2. The standard InChI is InChI=1S/C25H26N2O2S2/c1-2-15-26(25(29)20-31-22-12-7-4-8-13-22)19-24(28)27(18-23-14-9-16-30-23)17-21-10-5-3-6-11-21/h2-14,16H,1,15,17-20H2. The summed E-state index contributed by atoms with van der Waals surface area (Å²) in [7, 11) is 0. The van der Waals surface area contributed by atoms with Crippen molar-refractivity contribution in [3.63, 3.8) is 0 Å². The van der Waals surface area contributed by atoms with Crippen LogP contribution in [0.5, 0.6) is 0 Å². The minimum absolute atomic E-state index is 0.0401. The molecule has 0 atom stereocenters. The smallest absolute Gasteiger partial charge is 0.242 e. The van der Waals surface area contributed by atoms with Gasteiger partial charge in [0.05, 0.1) is 12.3 Å². The summed E-state index contributed by atoms with van der Waals surface area (Å²) in [6, 6.07) is 23.7. The lowest BCUT2D eigenvalue weighted by atomic mass is 10.2. The van der Waals surface area contributed by atoms with Gasteiger partial charge in [-0.25, -0.2) is 0 Å². The van der Waals surface area contributed by atoms with E-state index in [0.29, 0.717) is 19.6 Å². The van der Waals surface area contributed by atoms with Crippen LogP contribution in [0, 0.1) is 0 Å². The predicted octanol–water partition coefficient (Wildman–Crippen LogP) is 5.08. The zero-order valence-electron chi connectivity index (χ0n) is 17.4. The zero-order valence-corrected chi connectivity index (χ0v) is 19.0. The quantitative estimate of drug-likeness (QED) is 0.302. The van der Waals surface area contributed by atoms with Crippen LogP contribution in [0.4, 0.5) is 0 Å². The molecular formula is C25H26N2O2S2. The fourth-order valence-electron chi connectivity index (χ4n) is 3.05. The van der Waals surface area contributed by atoms with Crippen LogP contribution in [0.1, 0.15) is 10.4 Å². The Morgan fingerprint density at radius 3 is 2.23 bits per heavy atom. The third-order valence-electron chi connectivity index (χ3n) is 4.63. The molecule has 0 unspecified atom stereocenters. The Balaban J connectivity index is 1.67. The van der Waals surface area contributed by atoms with Gasteiger partial charge in [0.15, 0.2) is 0 Å². The molecule has 3 rings (SSSR count). The van der Waals surface area contributed by atoms with Crippen LogP contribution in [-0.2, 0) is 22.7 Å². The number of hydrogen-bond donors (Lipinski definition) is 0. The molecule has 0 saturated heterocycles. The van der Waals surface area contributed by atoms with Gasteiger partial charge in [0.25, 0.3) is 0 Å². The minimum Gasteiger partial charge on any atom is -0.332 e. The molecule has 0 aliphatic heterocycles. The molecular weight excluding hydrogens is 424 g/mol. The summed E-state index contributed by atoms with van der Waals surface area (Å²) in [5.74, 6) is 0.143. The monoisotopic (exact) mass is 450 g/mol. The second kappa shape index (κ2) is 12.1. The molecule has 0 saturated carbocycles. The molecule has 2 aromatic carbocycles. The molecule has 0 spiro atoms. The second-order valence-electron chi connectivity index (χ2n) is 6.98. The number of carbonyl (C=O) groups is 2. The third kappa shape index (κ3) is 7.42. The normalized spacial score (nSPS) is 10.5. The highest BCUT2D eigenvalue weighted by Crippen LogP contribution is 2.18. The van der Waals surface area contributed by atoms with Gasteiger partial charge < -0.3 is 9.80 Å². The van der Waals surface area contributed by atoms with Gasteiger partial charge in [-0.1, -0.05) is 60.7 Å². The first kappa shape index (κ1) is 22.8. The van der Waals surface area contributed by atoms with Crippen molar-refractivity contribution < 1.29 is 9.59 Å². The molecule has 6 heteroatoms. The van der Waals surface area contributed by atoms with E-state index in [9.17, 15) is 9.59 Å². The summed E-state index contributed by atoms with van der Waals surface area (Å²) in [5.41, 5.74) is 1.06. The number of amides is 2. The molecule has 31 heavy (non-hydrogen) atoms. The Morgan fingerprint density at radius 2 is 1.58 bits per heavy atom. The van der Waals surface area contributed by atoms with E-state index < -0.39 is 0 Å². The maximum absolute atomic E-state index is 13.2. The van der Waals surface area contributed by atoms with Gasteiger partial charge in [-0.3, -0.25) is 9.59 Å². The Labute approximate surface area is 192 Å². The topological polar surface area (TPSA) is 40.6 Å². The average Bonchev–Trinajstić information content (AvgIpc) is 3.31. The summed E-state index contributed by atoms with van der Waals surface area (Å²) in [5, 5.41) is 2.01. The lowest BCUT2D eigenvalue weighted by Gasteiger charge is -2.27. The van der Waals surface area contributed by atoms with Crippen LogP contribution in [0.25, 0.3) is 0 Å². The summed E-state index contributed by atoms with van der Waals surface area (Å²) in [4.78, 5) is 31.6. The fourth-order valence-corrected chi connectivity index (χ4v) is 4.60. The van der Waals surface area contributed by atoms with Gasteiger partial charge in [-0.15, -0.1) is 29.7 Å². The molecule has 0 aliphatic carbocycles. The number of hydrogen-bond acceptors (Lipinski definition) is 4. The van der Waals surface area contributed by atoms with Crippen LogP contribution in [-0.4, -0.2) is 40.5 Å². The number of thiophene rings is 1. The van der Waals surface area contributed by atoms with Gasteiger partial charge in [-0.05, 0) is 29.1 Å². The third-order valence-corrected chi connectivity index (χ3v) is 6.49. The number of carbonyl (C=O) groups excluding carboxylic acids is 2. The first-order valence-corrected chi connectivity index (χ1v) is 11.9. The molecule has 3 aromatic rings. The van der Waals surface area contributed by atoms with Crippen molar-refractivity contribution in [3.05, 3.63) is 101 Å². The van der Waals surface area contributed by atoms with Gasteiger partial charge in [-0.2, -0.15) is 0 Å². The Bertz CT molecular complexity index is 960. The van der Waals surface area contributed by atoms with Crippen molar-refractivity contribution in [1.29, 1.82) is 0 Å². The largest absolute Gasteiger partial charge is 0.332 e. The lowest BCUT2D eigenvalue weighted by Crippen LogP contribution is -2.43. The first-order valence-electron chi connectivity index (χ1n) is 10.1. The summed E-state index contributed by atoms with van der Waals surface area (Å²) < 4.78 is 0. The van der Waals surface area contributed by atoms with E-state index in [0.717, 1.165) is 15.3 Å². The van der Waals surface area contributed by atoms with Crippen LogP contribution in [0.15, 0.2) is 95.7 Å². The fraction of sp³-hybridized carbons (Fsp3) is 0.200. The van der Waals surface area contributed by atoms with E-state index in [2.05, 4.69) is 6.58 Å². The van der Waals surface area contributed by atoms with Crippen molar-refractivity contribution in [3.8, 4) is 0 Å². The van der Waals surface area contributed by atoms with E-state index in [-0.39, 0.29) is 24.1 Å². The minimum atomic E-state index is -0.0721. The van der Waals surface area contributed by atoms with Crippen molar-refractivity contribution in [2.75, 3.05) is 18.8 Å². The number of rotatable bonds is 11. The molecule has 2 amide bonds. The van der Waals surface area contributed by atoms with Crippen molar-refractivity contribution in [2.45, 2.75) is 18.0 Å². The highest BCUT2D eigenvalue weighted by Gasteiger charge is 2.21. The Morgan fingerprint density at radius 1 is 0.871 bits per heavy atom. The van der Waals surface area contributed by atoms with E-state index in [4.69, 9.17) is 0 Å². The summed E-state index contributed by atoms with van der Waals surface area (Å²) >= 11 is 3.10. The van der Waals surface area contributed by atoms with Gasteiger partial charge in [0.1, 0.15) is 6.54 Å². The van der Waals surface area contributed by atoms with Crippen molar-refractivity contribution >= 4 is 34.9 Å². The molecule has 1 aromatic heterocycles. The molecule has 160 valence electrons. The average molecular weight is 451 g/mol. The molecule has 0 radical (unpaired) electrons. The van der Waals surface area contributed by atoms with Crippen LogP contribution < -0.4 is 0 Å². The maximum atomic E-state index is 13.2. The Kier molecular flexibility index (Phi) is 8.94. The summed E-state index contributed by atoms with van der Waals surface area (Å²) in [6.07, 6.45) is 1.67. The number of nitrogens with zero attached hydrogens (tertiary/aromatic N) is 2. The SMILES string of the molecule is C=CCN(CC(=O)N(Cc1ccccc1)Cc1cccs1)C(=O)CSc1ccccc1. The molecule has 0 fully saturated rings. The summed E-state index contributed by atoms with van der Waals surface area (Å²) in [6.45, 7) is 5.18. The second-order valence-corrected chi connectivity index (χ2v) is 9.06. The van der Waals surface area contributed by atoms with E-state index in [1.54, 1.807) is 22.3 Å². The molecule has 0 bridgehead atoms. The van der Waals surface area contributed by atoms with Gasteiger partial charge in [0, 0.05) is 22.9 Å². The zero-order chi connectivity index (χ0) is 21.9. The first-order chi connectivity index (χ1) is 15.2. The lowest BCUT2D eigenvalue weighted by molar-refractivity contribution is -0.139. The van der Waals surface area contributed by atoms with Gasteiger partial charge >= 0.3 is 0 Å². The molecule has 0 aliphatic rings. The molecule has 0 N–H and O–H groups in total. The van der Waals surface area contributed by atoms with Crippen molar-refractivity contribution in [1.82, 2.24) is 9.80 Å². The molecule has 1 heterocycles. The maximum Gasteiger partial charge on any atom is 0.242 e. The van der Waals surface area contributed by atoms with Gasteiger partial charge in [0.2, 0.25) is 11.8 Å². The van der Waals surface area contributed by atoms with Crippen molar-refractivity contribution in [2.24, 2.45) is 0 Å².